The standard InChI is InChI=1S/C17H37N/c1-6-8-10-11-12-13-14-16-17(3,18(4)5)15-9-7-2/h6-16H2,1-5H3. The van der Waals surface area contributed by atoms with Gasteiger partial charge in [0.2, 0.25) is 0 Å². The minimum absolute atomic E-state index is 0.430. The molecular formula is C17H37N. The number of hydrogen-bond donors (Lipinski definition) is 0. The molecule has 0 aliphatic heterocycles. The van der Waals surface area contributed by atoms with E-state index in [9.17, 15) is 0 Å². The first kappa shape index (κ1) is 18.0. The van der Waals surface area contributed by atoms with Crippen molar-refractivity contribution in [2.24, 2.45) is 0 Å². The predicted octanol–water partition coefficient (Wildman–Crippen LogP) is 5.64. The fourth-order valence-corrected chi connectivity index (χ4v) is 2.59. The van der Waals surface area contributed by atoms with Crippen LogP contribution in [0.15, 0.2) is 0 Å². The van der Waals surface area contributed by atoms with Crippen LogP contribution in [0.1, 0.15) is 91.4 Å². The maximum Gasteiger partial charge on any atom is 0.0175 e. The lowest BCUT2D eigenvalue weighted by Crippen LogP contribution is -2.41. The van der Waals surface area contributed by atoms with Crippen molar-refractivity contribution in [2.75, 3.05) is 14.1 Å². The van der Waals surface area contributed by atoms with Crippen molar-refractivity contribution in [3.05, 3.63) is 0 Å². The Hall–Kier alpha value is -0.0400. The second-order valence-electron chi connectivity index (χ2n) is 6.37. The molecule has 0 aliphatic rings. The maximum absolute atomic E-state index is 2.44. The van der Waals surface area contributed by atoms with E-state index in [4.69, 9.17) is 0 Å². The SMILES string of the molecule is CCCCCCCCCC(C)(CCCC)N(C)C. The summed E-state index contributed by atoms with van der Waals surface area (Å²) >= 11 is 0. The van der Waals surface area contributed by atoms with Gasteiger partial charge in [-0.2, -0.15) is 0 Å². The predicted molar refractivity (Wildman–Crippen MR) is 84.2 cm³/mol. The van der Waals surface area contributed by atoms with Crippen LogP contribution >= 0.6 is 0 Å². The lowest BCUT2D eigenvalue weighted by Gasteiger charge is -2.37. The molecule has 110 valence electrons. The molecule has 0 aromatic heterocycles. The summed E-state index contributed by atoms with van der Waals surface area (Å²) in [5, 5.41) is 0. The lowest BCUT2D eigenvalue weighted by molar-refractivity contribution is 0.140. The van der Waals surface area contributed by atoms with Gasteiger partial charge in [0.25, 0.3) is 0 Å². The Morgan fingerprint density at radius 1 is 0.667 bits per heavy atom. The van der Waals surface area contributed by atoms with Crippen molar-refractivity contribution in [2.45, 2.75) is 96.9 Å². The van der Waals surface area contributed by atoms with Gasteiger partial charge in [0.15, 0.2) is 0 Å². The van der Waals surface area contributed by atoms with Gasteiger partial charge in [-0.25, -0.2) is 0 Å². The normalized spacial score (nSPS) is 15.0. The summed E-state index contributed by atoms with van der Waals surface area (Å²) in [5.41, 5.74) is 0.430. The van der Waals surface area contributed by atoms with Crippen LogP contribution in [0.2, 0.25) is 0 Å². The van der Waals surface area contributed by atoms with E-state index in [-0.39, 0.29) is 0 Å². The van der Waals surface area contributed by atoms with Crippen LogP contribution in [0.5, 0.6) is 0 Å². The van der Waals surface area contributed by atoms with Crippen LogP contribution in [0, 0.1) is 0 Å². The second-order valence-corrected chi connectivity index (χ2v) is 6.37. The summed E-state index contributed by atoms with van der Waals surface area (Å²) < 4.78 is 0. The molecule has 0 spiro atoms. The van der Waals surface area contributed by atoms with Crippen molar-refractivity contribution < 1.29 is 0 Å². The smallest absolute Gasteiger partial charge is 0.0175 e. The molecule has 0 aliphatic carbocycles. The highest BCUT2D eigenvalue weighted by Gasteiger charge is 2.25. The quantitative estimate of drug-likeness (QED) is 0.408. The Morgan fingerprint density at radius 2 is 1.11 bits per heavy atom. The molecule has 1 heteroatoms. The van der Waals surface area contributed by atoms with Gasteiger partial charge in [0.05, 0.1) is 0 Å². The molecule has 0 fully saturated rings. The Labute approximate surface area is 116 Å². The molecule has 0 N–H and O–H groups in total. The number of rotatable bonds is 12. The number of unbranched alkanes of at least 4 members (excludes halogenated alkanes) is 7. The van der Waals surface area contributed by atoms with E-state index in [2.05, 4.69) is 39.8 Å². The van der Waals surface area contributed by atoms with Gasteiger partial charge in [-0.05, 0) is 33.9 Å². The molecule has 0 aromatic carbocycles. The molecular weight excluding hydrogens is 218 g/mol. The first-order valence-electron chi connectivity index (χ1n) is 8.24. The van der Waals surface area contributed by atoms with Gasteiger partial charge in [0.1, 0.15) is 0 Å². The minimum atomic E-state index is 0.430. The van der Waals surface area contributed by atoms with Crippen LogP contribution in [0.25, 0.3) is 0 Å². The van der Waals surface area contributed by atoms with Crippen LogP contribution in [-0.2, 0) is 0 Å². The third-order valence-corrected chi connectivity index (χ3v) is 4.47. The summed E-state index contributed by atoms with van der Waals surface area (Å²) in [7, 11) is 4.49. The fraction of sp³-hybridized carbons (Fsp3) is 1.00. The van der Waals surface area contributed by atoms with E-state index in [0.29, 0.717) is 5.54 Å². The van der Waals surface area contributed by atoms with Crippen molar-refractivity contribution in [1.82, 2.24) is 4.90 Å². The molecule has 0 aromatic rings. The highest BCUT2D eigenvalue weighted by atomic mass is 15.1. The third-order valence-electron chi connectivity index (χ3n) is 4.47. The molecule has 0 amide bonds. The Balaban J connectivity index is 3.70. The van der Waals surface area contributed by atoms with E-state index >= 15 is 0 Å². The van der Waals surface area contributed by atoms with Gasteiger partial charge in [0, 0.05) is 5.54 Å². The van der Waals surface area contributed by atoms with E-state index < -0.39 is 0 Å². The Bertz CT molecular complexity index is 176. The Morgan fingerprint density at radius 3 is 1.61 bits per heavy atom. The summed E-state index contributed by atoms with van der Waals surface area (Å²) in [6.45, 7) is 7.03. The zero-order chi connectivity index (χ0) is 13.9. The molecule has 0 rings (SSSR count). The lowest BCUT2D eigenvalue weighted by atomic mass is 9.87. The third kappa shape index (κ3) is 8.13. The molecule has 1 atom stereocenters. The average Bonchev–Trinajstić information content (AvgIpc) is 2.35. The van der Waals surface area contributed by atoms with Crippen LogP contribution in [0.3, 0.4) is 0 Å². The largest absolute Gasteiger partial charge is 0.304 e. The molecule has 0 saturated heterocycles. The van der Waals surface area contributed by atoms with E-state index in [1.807, 2.05) is 0 Å². The van der Waals surface area contributed by atoms with Gasteiger partial charge < -0.3 is 4.90 Å². The molecule has 18 heavy (non-hydrogen) atoms. The van der Waals surface area contributed by atoms with Crippen molar-refractivity contribution >= 4 is 0 Å². The highest BCUT2D eigenvalue weighted by molar-refractivity contribution is 4.82. The summed E-state index contributed by atoms with van der Waals surface area (Å²) in [4.78, 5) is 2.44. The molecule has 0 saturated carbocycles. The summed E-state index contributed by atoms with van der Waals surface area (Å²) in [5.74, 6) is 0. The average molecular weight is 255 g/mol. The number of hydrogen-bond acceptors (Lipinski definition) is 1. The zero-order valence-electron chi connectivity index (χ0n) is 13.7. The molecule has 1 nitrogen and oxygen atoms in total. The van der Waals surface area contributed by atoms with Crippen molar-refractivity contribution in [1.29, 1.82) is 0 Å². The molecule has 0 radical (unpaired) electrons. The Kier molecular flexibility index (Phi) is 10.8. The van der Waals surface area contributed by atoms with E-state index in [1.165, 1.54) is 70.6 Å². The van der Waals surface area contributed by atoms with Gasteiger partial charge >= 0.3 is 0 Å². The summed E-state index contributed by atoms with van der Waals surface area (Å²) in [6.07, 6.45) is 15.4. The first-order valence-corrected chi connectivity index (χ1v) is 8.24. The molecule has 1 unspecified atom stereocenters. The topological polar surface area (TPSA) is 3.24 Å². The number of nitrogens with zero attached hydrogens (tertiary/aromatic N) is 1. The highest BCUT2D eigenvalue weighted by Crippen LogP contribution is 2.26. The fourth-order valence-electron chi connectivity index (χ4n) is 2.59. The first-order chi connectivity index (χ1) is 8.56. The minimum Gasteiger partial charge on any atom is -0.304 e. The van der Waals surface area contributed by atoms with Crippen LogP contribution in [-0.4, -0.2) is 24.5 Å². The van der Waals surface area contributed by atoms with Crippen LogP contribution < -0.4 is 0 Å². The molecule has 0 bridgehead atoms. The maximum atomic E-state index is 2.44. The molecule has 0 heterocycles. The van der Waals surface area contributed by atoms with E-state index in [1.54, 1.807) is 0 Å². The van der Waals surface area contributed by atoms with Crippen LogP contribution in [0.4, 0.5) is 0 Å². The van der Waals surface area contributed by atoms with Gasteiger partial charge in [-0.1, -0.05) is 71.6 Å². The van der Waals surface area contributed by atoms with Crippen molar-refractivity contribution in [3.63, 3.8) is 0 Å². The van der Waals surface area contributed by atoms with Gasteiger partial charge in [-0.3, -0.25) is 0 Å². The van der Waals surface area contributed by atoms with Crippen molar-refractivity contribution in [3.8, 4) is 0 Å². The monoisotopic (exact) mass is 255 g/mol. The second kappa shape index (κ2) is 10.8. The van der Waals surface area contributed by atoms with E-state index in [0.717, 1.165) is 0 Å². The van der Waals surface area contributed by atoms with Gasteiger partial charge in [-0.15, -0.1) is 0 Å². The zero-order valence-corrected chi connectivity index (χ0v) is 13.7. The summed E-state index contributed by atoms with van der Waals surface area (Å²) in [6, 6.07) is 0.